The Hall–Kier alpha value is -3.02. The van der Waals surface area contributed by atoms with E-state index >= 15 is 0 Å². The van der Waals surface area contributed by atoms with Gasteiger partial charge in [0.15, 0.2) is 0 Å². The number of pyridine rings is 1. The summed E-state index contributed by atoms with van der Waals surface area (Å²) >= 11 is 0. The maximum atomic E-state index is 12.4. The zero-order valence-electron chi connectivity index (χ0n) is 12.6. The second-order valence-corrected chi connectivity index (χ2v) is 5.32. The Balaban J connectivity index is 1.81. The molecule has 0 aliphatic carbocycles. The van der Waals surface area contributed by atoms with E-state index in [-0.39, 0.29) is 13.1 Å². The number of hydrogen-bond donors (Lipinski definition) is 0. The summed E-state index contributed by atoms with van der Waals surface area (Å²) < 4.78 is 0. The Morgan fingerprint density at radius 3 is 2.17 bits per heavy atom. The molecule has 116 valence electrons. The summed E-state index contributed by atoms with van der Waals surface area (Å²) in [5.41, 5.74) is 2.25. The van der Waals surface area contributed by atoms with Crippen LogP contribution in [0.1, 0.15) is 16.8 Å². The summed E-state index contributed by atoms with van der Waals surface area (Å²) in [4.78, 5) is 42.7. The molecule has 0 bridgehead atoms. The van der Waals surface area contributed by atoms with Crippen molar-refractivity contribution >= 4 is 17.8 Å². The molecule has 6 nitrogen and oxygen atoms in total. The van der Waals surface area contributed by atoms with Crippen LogP contribution in [0.2, 0.25) is 0 Å². The number of aryl methyl sites for hydroxylation is 1. The third kappa shape index (κ3) is 2.83. The topological polar surface area (TPSA) is 70.6 Å². The van der Waals surface area contributed by atoms with Gasteiger partial charge in [0.1, 0.15) is 0 Å². The molecule has 1 saturated heterocycles. The molecular formula is C17H15N3O3. The number of carbonyl (C=O) groups is 3. The van der Waals surface area contributed by atoms with E-state index in [9.17, 15) is 14.4 Å². The number of carbonyl (C=O) groups excluding carboxylic acids is 3. The smallest absolute Gasteiger partial charge is 0.263 e. The van der Waals surface area contributed by atoms with Crippen LogP contribution in [0, 0.1) is 6.92 Å². The molecular weight excluding hydrogens is 294 g/mol. The highest BCUT2D eigenvalue weighted by atomic mass is 16.2. The van der Waals surface area contributed by atoms with E-state index in [0.29, 0.717) is 5.69 Å². The van der Waals surface area contributed by atoms with Gasteiger partial charge in [0.05, 0.1) is 18.8 Å². The molecule has 23 heavy (non-hydrogen) atoms. The molecule has 0 spiro atoms. The quantitative estimate of drug-likeness (QED) is 0.638. The standard InChI is InChI=1S/C17H15N3O3/c1-12-6-5-9-18-14(12)11-20-16(22)15(21)19(17(20)23)10-13-7-3-2-4-8-13/h2-9H,10-11H2,1H3. The molecule has 0 saturated carbocycles. The summed E-state index contributed by atoms with van der Waals surface area (Å²) in [7, 11) is 0. The number of benzene rings is 1. The van der Waals surface area contributed by atoms with Gasteiger partial charge in [-0.15, -0.1) is 0 Å². The lowest BCUT2D eigenvalue weighted by Gasteiger charge is -2.16. The minimum absolute atomic E-state index is 0.00136. The average molecular weight is 309 g/mol. The van der Waals surface area contributed by atoms with Crippen LogP contribution >= 0.6 is 0 Å². The molecule has 1 aromatic heterocycles. The fraction of sp³-hybridized carbons (Fsp3) is 0.176. The fourth-order valence-corrected chi connectivity index (χ4v) is 2.43. The fourth-order valence-electron chi connectivity index (χ4n) is 2.43. The lowest BCUT2D eigenvalue weighted by Crippen LogP contribution is -2.33. The highest BCUT2D eigenvalue weighted by molar-refractivity contribution is 6.44. The Morgan fingerprint density at radius 2 is 1.52 bits per heavy atom. The number of aromatic nitrogens is 1. The summed E-state index contributed by atoms with van der Waals surface area (Å²) in [6.45, 7) is 1.93. The molecule has 4 amide bonds. The van der Waals surface area contributed by atoms with E-state index in [1.165, 1.54) is 0 Å². The van der Waals surface area contributed by atoms with Crippen molar-refractivity contribution in [2.75, 3.05) is 0 Å². The number of rotatable bonds is 4. The van der Waals surface area contributed by atoms with Gasteiger partial charge < -0.3 is 0 Å². The van der Waals surface area contributed by atoms with Crippen molar-refractivity contribution in [3.63, 3.8) is 0 Å². The lowest BCUT2D eigenvalue weighted by molar-refractivity contribution is -0.143. The van der Waals surface area contributed by atoms with Crippen molar-refractivity contribution in [3.8, 4) is 0 Å². The Labute approximate surface area is 133 Å². The zero-order valence-corrected chi connectivity index (χ0v) is 12.6. The van der Waals surface area contributed by atoms with Gasteiger partial charge in [-0.05, 0) is 24.1 Å². The monoisotopic (exact) mass is 309 g/mol. The first kappa shape index (κ1) is 14.9. The molecule has 2 heterocycles. The van der Waals surface area contributed by atoms with E-state index in [0.717, 1.165) is 20.9 Å². The average Bonchev–Trinajstić information content (AvgIpc) is 2.76. The molecule has 0 radical (unpaired) electrons. The molecule has 0 N–H and O–H groups in total. The lowest BCUT2D eigenvalue weighted by atomic mass is 10.2. The van der Waals surface area contributed by atoms with Crippen LogP contribution in [-0.4, -0.2) is 32.6 Å². The second kappa shape index (κ2) is 6.00. The van der Waals surface area contributed by atoms with E-state index in [1.54, 1.807) is 24.4 Å². The molecule has 3 rings (SSSR count). The van der Waals surface area contributed by atoms with E-state index < -0.39 is 17.8 Å². The van der Waals surface area contributed by atoms with Gasteiger partial charge in [-0.1, -0.05) is 36.4 Å². The number of hydrogen-bond acceptors (Lipinski definition) is 4. The first-order valence-corrected chi connectivity index (χ1v) is 7.19. The maximum Gasteiger partial charge on any atom is 0.334 e. The molecule has 0 atom stereocenters. The number of urea groups is 1. The van der Waals surface area contributed by atoms with Gasteiger partial charge in [0.25, 0.3) is 0 Å². The molecule has 1 aromatic carbocycles. The Bertz CT molecular complexity index is 774. The molecule has 6 heteroatoms. The van der Waals surface area contributed by atoms with Crippen LogP contribution < -0.4 is 0 Å². The van der Waals surface area contributed by atoms with Gasteiger partial charge in [0, 0.05) is 6.20 Å². The van der Waals surface area contributed by atoms with Crippen molar-refractivity contribution in [1.82, 2.24) is 14.8 Å². The maximum absolute atomic E-state index is 12.4. The first-order chi connectivity index (χ1) is 11.1. The summed E-state index contributed by atoms with van der Waals surface area (Å²) in [5.74, 6) is -1.61. The van der Waals surface area contributed by atoms with Crippen LogP contribution in [-0.2, 0) is 22.7 Å². The van der Waals surface area contributed by atoms with Gasteiger partial charge in [-0.2, -0.15) is 0 Å². The Morgan fingerprint density at radius 1 is 0.870 bits per heavy atom. The summed E-state index contributed by atoms with van der Waals surface area (Å²) in [5, 5.41) is 0. The van der Waals surface area contributed by atoms with Crippen molar-refractivity contribution in [2.45, 2.75) is 20.0 Å². The van der Waals surface area contributed by atoms with Crippen LogP contribution in [0.15, 0.2) is 48.7 Å². The van der Waals surface area contributed by atoms with Crippen molar-refractivity contribution in [2.24, 2.45) is 0 Å². The number of nitrogens with zero attached hydrogens (tertiary/aromatic N) is 3. The summed E-state index contributed by atoms with van der Waals surface area (Å²) in [6.07, 6.45) is 1.59. The largest absolute Gasteiger partial charge is 0.334 e. The minimum Gasteiger partial charge on any atom is -0.263 e. The highest BCUT2D eigenvalue weighted by Gasteiger charge is 2.44. The van der Waals surface area contributed by atoms with E-state index in [1.807, 2.05) is 31.2 Å². The van der Waals surface area contributed by atoms with Crippen molar-refractivity contribution in [3.05, 3.63) is 65.5 Å². The van der Waals surface area contributed by atoms with Gasteiger partial charge >= 0.3 is 17.8 Å². The number of imide groups is 2. The second-order valence-electron chi connectivity index (χ2n) is 5.32. The highest BCUT2D eigenvalue weighted by Crippen LogP contribution is 2.19. The molecule has 1 aliphatic heterocycles. The van der Waals surface area contributed by atoms with Crippen LogP contribution in [0.4, 0.5) is 4.79 Å². The molecule has 0 unspecified atom stereocenters. The molecule has 1 aliphatic rings. The van der Waals surface area contributed by atoms with Gasteiger partial charge in [-0.25, -0.2) is 9.69 Å². The SMILES string of the molecule is Cc1cccnc1CN1C(=O)C(=O)N(Cc2ccccc2)C1=O. The van der Waals surface area contributed by atoms with E-state index in [2.05, 4.69) is 4.98 Å². The number of amides is 4. The van der Waals surface area contributed by atoms with Crippen LogP contribution in [0.3, 0.4) is 0 Å². The van der Waals surface area contributed by atoms with Crippen LogP contribution in [0.5, 0.6) is 0 Å². The van der Waals surface area contributed by atoms with Gasteiger partial charge in [0.2, 0.25) is 0 Å². The van der Waals surface area contributed by atoms with Gasteiger partial charge in [-0.3, -0.25) is 19.5 Å². The third-order valence-corrected chi connectivity index (χ3v) is 3.74. The predicted molar refractivity (Wildman–Crippen MR) is 81.9 cm³/mol. The normalized spacial score (nSPS) is 14.7. The Kier molecular flexibility index (Phi) is 3.89. The predicted octanol–water partition coefficient (Wildman–Crippen LogP) is 1.88. The van der Waals surface area contributed by atoms with Crippen molar-refractivity contribution < 1.29 is 14.4 Å². The third-order valence-electron chi connectivity index (χ3n) is 3.74. The first-order valence-electron chi connectivity index (χ1n) is 7.19. The molecule has 2 aromatic rings. The minimum atomic E-state index is -0.809. The summed E-state index contributed by atoms with van der Waals surface area (Å²) in [6, 6.07) is 12.1. The van der Waals surface area contributed by atoms with Crippen molar-refractivity contribution in [1.29, 1.82) is 0 Å². The van der Waals surface area contributed by atoms with Crippen LogP contribution in [0.25, 0.3) is 0 Å². The zero-order chi connectivity index (χ0) is 16.4. The van der Waals surface area contributed by atoms with E-state index in [4.69, 9.17) is 0 Å². The molecule has 1 fully saturated rings.